The highest BCUT2D eigenvalue weighted by Crippen LogP contribution is 2.62. The molecule has 0 N–H and O–H groups in total. The van der Waals surface area contributed by atoms with Crippen LogP contribution in [0.2, 0.25) is 0 Å². The summed E-state index contributed by atoms with van der Waals surface area (Å²) in [5, 5.41) is 8.72. The molecule has 4 atom stereocenters. The van der Waals surface area contributed by atoms with Crippen LogP contribution in [0.5, 0.6) is 11.5 Å². The molecule has 2 saturated heterocycles. The molecule has 2 fully saturated rings. The first-order valence-electron chi connectivity index (χ1n) is 10.4. The number of hydrogen-bond donors (Lipinski definition) is 0. The zero-order valence-corrected chi connectivity index (χ0v) is 21.3. The Morgan fingerprint density at radius 1 is 1.09 bits per heavy atom. The molecule has 2 amide bonds. The van der Waals surface area contributed by atoms with Gasteiger partial charge in [0.1, 0.15) is 0 Å². The highest BCUT2D eigenvalue weighted by atomic mass is 32.2. The molecule has 3 aliphatic heterocycles. The fourth-order valence-corrected chi connectivity index (χ4v) is 6.84. The first kappa shape index (κ1) is 25.0. The van der Waals surface area contributed by atoms with E-state index < -0.39 is 43.6 Å². The standard InChI is InChI=1S/C22H23N3O8S2/c1-20(10-23)9-22(35-19(29)31-5)17(27)24(3)21(2,34-18(28)30-4)16(26)25(22)15(20)12-6-7-13-14(8-12)33-11-32-13/h6-8,15H,9,11H2,1-5H3/t15?,20-,21+,22?/m1/s1. The van der Waals surface area contributed by atoms with Crippen LogP contribution >= 0.6 is 23.5 Å². The number of carbonyl (C=O) groups excluding carboxylic acids is 4. The van der Waals surface area contributed by atoms with Crippen LogP contribution in [-0.2, 0) is 19.1 Å². The highest BCUT2D eigenvalue weighted by molar-refractivity contribution is 8.15. The summed E-state index contributed by atoms with van der Waals surface area (Å²) in [4.78, 5) is 51.8. The molecule has 1 aromatic carbocycles. The maximum Gasteiger partial charge on any atom is 0.369 e. The molecule has 0 spiro atoms. The Bertz CT molecular complexity index is 1170. The Labute approximate surface area is 210 Å². The molecule has 0 bridgehead atoms. The fourth-order valence-electron chi connectivity index (χ4n) is 4.78. The molecule has 0 aromatic heterocycles. The minimum atomic E-state index is -1.78. The van der Waals surface area contributed by atoms with Gasteiger partial charge in [0.2, 0.25) is 6.79 Å². The quantitative estimate of drug-likeness (QED) is 0.543. The third-order valence-corrected chi connectivity index (χ3v) is 8.95. The van der Waals surface area contributed by atoms with E-state index in [4.69, 9.17) is 18.9 Å². The van der Waals surface area contributed by atoms with E-state index in [1.54, 1.807) is 25.1 Å². The van der Waals surface area contributed by atoms with E-state index in [9.17, 15) is 24.4 Å². The first-order chi connectivity index (χ1) is 16.5. The smallest absolute Gasteiger partial charge is 0.369 e. The molecule has 0 saturated carbocycles. The van der Waals surface area contributed by atoms with E-state index in [2.05, 4.69) is 6.07 Å². The third-order valence-electron chi connectivity index (χ3n) is 6.59. The average Bonchev–Trinajstić information content (AvgIpc) is 3.41. The van der Waals surface area contributed by atoms with Crippen LogP contribution in [0, 0.1) is 16.7 Å². The number of piperazine rings is 1. The van der Waals surface area contributed by atoms with Gasteiger partial charge in [0.25, 0.3) is 11.8 Å². The van der Waals surface area contributed by atoms with Gasteiger partial charge in [-0.1, -0.05) is 6.07 Å². The van der Waals surface area contributed by atoms with Crippen LogP contribution in [0.3, 0.4) is 0 Å². The minimum Gasteiger partial charge on any atom is -0.461 e. The predicted octanol–water partition coefficient (Wildman–Crippen LogP) is 3.10. The Hall–Kier alpha value is -3.11. The van der Waals surface area contributed by atoms with E-state index in [1.165, 1.54) is 33.1 Å². The van der Waals surface area contributed by atoms with Crippen molar-refractivity contribution in [1.82, 2.24) is 9.80 Å². The van der Waals surface area contributed by atoms with Crippen molar-refractivity contribution < 1.29 is 38.1 Å². The summed E-state index contributed by atoms with van der Waals surface area (Å²) in [6.45, 7) is 3.09. The summed E-state index contributed by atoms with van der Waals surface area (Å²) < 4.78 is 20.4. The number of likely N-dealkylation sites (N-methyl/N-ethyl adjacent to an activating group) is 1. The average molecular weight is 522 g/mol. The second-order valence-corrected chi connectivity index (χ2v) is 11.2. The van der Waals surface area contributed by atoms with Crippen molar-refractivity contribution in [3.63, 3.8) is 0 Å². The predicted molar refractivity (Wildman–Crippen MR) is 124 cm³/mol. The second-order valence-electron chi connectivity index (χ2n) is 8.64. The van der Waals surface area contributed by atoms with Gasteiger partial charge in [-0.3, -0.25) is 9.59 Å². The SMILES string of the molecule is COC(=O)SC12C[C@](C)(C#N)C(c3ccc4c(c3)OCO4)N1C(=O)[C@](C)(SC(=O)OC)N(C)C2=O. The summed E-state index contributed by atoms with van der Waals surface area (Å²) >= 11 is 1.08. The number of nitrogens with zero attached hydrogens (tertiary/aromatic N) is 3. The van der Waals surface area contributed by atoms with Crippen LogP contribution in [-0.4, -0.2) is 70.0 Å². The van der Waals surface area contributed by atoms with E-state index in [0.29, 0.717) is 40.6 Å². The van der Waals surface area contributed by atoms with Gasteiger partial charge in [0, 0.05) is 13.5 Å². The van der Waals surface area contributed by atoms with Crippen molar-refractivity contribution >= 4 is 45.9 Å². The summed E-state index contributed by atoms with van der Waals surface area (Å²) in [5.41, 5.74) is -0.774. The Balaban J connectivity index is 1.94. The number of amides is 2. The number of ether oxygens (including phenoxy) is 4. The molecule has 0 radical (unpaired) electrons. The van der Waals surface area contributed by atoms with Gasteiger partial charge >= 0.3 is 10.6 Å². The summed E-state index contributed by atoms with van der Waals surface area (Å²) in [5.74, 6) is -0.308. The second kappa shape index (κ2) is 8.53. The van der Waals surface area contributed by atoms with Gasteiger partial charge in [-0.2, -0.15) is 5.26 Å². The molecule has 186 valence electrons. The van der Waals surface area contributed by atoms with Crippen LogP contribution in [0.15, 0.2) is 18.2 Å². The van der Waals surface area contributed by atoms with Gasteiger partial charge in [-0.05, 0) is 55.1 Å². The number of methoxy groups -OCH3 is 2. The lowest BCUT2D eigenvalue weighted by atomic mass is 9.79. The van der Waals surface area contributed by atoms with Crippen molar-refractivity contribution in [1.29, 1.82) is 5.26 Å². The lowest BCUT2D eigenvalue weighted by Gasteiger charge is -2.52. The highest BCUT2D eigenvalue weighted by Gasteiger charge is 2.72. The van der Waals surface area contributed by atoms with Crippen LogP contribution in [0.4, 0.5) is 9.59 Å². The van der Waals surface area contributed by atoms with Crippen molar-refractivity contribution in [2.75, 3.05) is 28.1 Å². The summed E-state index contributed by atoms with van der Waals surface area (Å²) in [6, 6.07) is 6.31. The van der Waals surface area contributed by atoms with Gasteiger partial charge in [0.15, 0.2) is 21.2 Å². The molecule has 3 heterocycles. The molecular weight excluding hydrogens is 498 g/mol. The van der Waals surface area contributed by atoms with Crippen molar-refractivity contribution in [2.24, 2.45) is 5.41 Å². The number of fused-ring (bicyclic) bond motifs is 2. The largest absolute Gasteiger partial charge is 0.461 e. The molecule has 1 aromatic rings. The maximum atomic E-state index is 14.2. The van der Waals surface area contributed by atoms with Crippen LogP contribution in [0.1, 0.15) is 31.9 Å². The Morgan fingerprint density at radius 2 is 1.71 bits per heavy atom. The third kappa shape index (κ3) is 3.58. The maximum absolute atomic E-state index is 14.2. The molecule has 2 unspecified atom stereocenters. The topological polar surface area (TPSA) is 135 Å². The number of hydrogen-bond acceptors (Lipinski definition) is 11. The molecule has 11 nitrogen and oxygen atoms in total. The molecule has 3 aliphatic rings. The molecule has 0 aliphatic carbocycles. The van der Waals surface area contributed by atoms with Crippen LogP contribution in [0.25, 0.3) is 0 Å². The van der Waals surface area contributed by atoms with Gasteiger partial charge in [0.05, 0.1) is 31.7 Å². The number of benzene rings is 1. The Morgan fingerprint density at radius 3 is 2.34 bits per heavy atom. The molecule has 35 heavy (non-hydrogen) atoms. The molecule has 13 heteroatoms. The Kier molecular flexibility index (Phi) is 6.09. The zero-order valence-electron chi connectivity index (χ0n) is 19.6. The van der Waals surface area contributed by atoms with Gasteiger partial charge in [-0.25, -0.2) is 9.59 Å². The zero-order chi connectivity index (χ0) is 25.8. The van der Waals surface area contributed by atoms with Gasteiger partial charge in [-0.15, -0.1) is 0 Å². The molecule has 4 rings (SSSR count). The lowest BCUT2D eigenvalue weighted by Crippen LogP contribution is -2.71. The number of rotatable bonds is 3. The normalized spacial score (nSPS) is 31.1. The number of nitriles is 1. The summed E-state index contributed by atoms with van der Waals surface area (Å²) in [6.07, 6.45) is -0.150. The van der Waals surface area contributed by atoms with E-state index >= 15 is 0 Å². The number of carbonyl (C=O) groups is 4. The van der Waals surface area contributed by atoms with E-state index in [0.717, 1.165) is 4.90 Å². The van der Waals surface area contributed by atoms with Gasteiger partial charge < -0.3 is 28.7 Å². The van der Waals surface area contributed by atoms with Crippen molar-refractivity contribution in [3.05, 3.63) is 23.8 Å². The summed E-state index contributed by atoms with van der Waals surface area (Å²) in [7, 11) is 3.72. The monoisotopic (exact) mass is 521 g/mol. The minimum absolute atomic E-state index is 0.0286. The first-order valence-corrected chi connectivity index (χ1v) is 12.1. The van der Waals surface area contributed by atoms with E-state index in [-0.39, 0.29) is 13.2 Å². The van der Waals surface area contributed by atoms with Crippen molar-refractivity contribution in [2.45, 2.75) is 36.1 Å². The lowest BCUT2D eigenvalue weighted by molar-refractivity contribution is -0.163. The van der Waals surface area contributed by atoms with Crippen molar-refractivity contribution in [3.8, 4) is 17.6 Å². The van der Waals surface area contributed by atoms with Crippen LogP contribution < -0.4 is 9.47 Å². The molecular formula is C22H23N3O8S2. The van der Waals surface area contributed by atoms with E-state index in [1.807, 2.05) is 0 Å². The fraction of sp³-hybridized carbons (Fsp3) is 0.500. The number of thioether (sulfide) groups is 2.